The van der Waals surface area contributed by atoms with Crippen molar-refractivity contribution in [2.75, 3.05) is 18.1 Å². The molecular weight excluding hydrogens is 356 g/mol. The molecule has 27 heavy (non-hydrogen) atoms. The highest BCUT2D eigenvalue weighted by Crippen LogP contribution is 2.15. The third-order valence-corrected chi connectivity index (χ3v) is 5.96. The summed E-state index contributed by atoms with van der Waals surface area (Å²) in [5.41, 5.74) is 1.37. The zero-order valence-corrected chi connectivity index (χ0v) is 16.8. The predicted molar refractivity (Wildman–Crippen MR) is 111 cm³/mol. The Hall–Kier alpha value is -1.82. The number of aryl methyl sites for hydroxylation is 3. The number of carbonyl (C=O) groups is 1. The maximum absolute atomic E-state index is 12.0. The Morgan fingerprint density at radius 2 is 1.96 bits per heavy atom. The van der Waals surface area contributed by atoms with Gasteiger partial charge >= 0.3 is 0 Å². The van der Waals surface area contributed by atoms with E-state index in [1.807, 2.05) is 6.07 Å². The molecule has 1 N–H and O–H groups in total. The van der Waals surface area contributed by atoms with E-state index in [-0.39, 0.29) is 5.91 Å². The van der Waals surface area contributed by atoms with Crippen LogP contribution in [0.2, 0.25) is 0 Å². The van der Waals surface area contributed by atoms with Crippen molar-refractivity contribution in [3.8, 4) is 0 Å². The summed E-state index contributed by atoms with van der Waals surface area (Å²) >= 11 is 1.72. The molecule has 0 fully saturated rings. The largest absolute Gasteiger partial charge is 0.355 e. The Balaban J connectivity index is 1.24. The minimum atomic E-state index is 0.139. The number of aromatic nitrogens is 3. The summed E-state index contributed by atoms with van der Waals surface area (Å²) in [6, 6.07) is 10.5. The number of hydrogen-bond donors (Lipinski definition) is 1. The Kier molecular flexibility index (Phi) is 8.21. The van der Waals surface area contributed by atoms with E-state index in [4.69, 9.17) is 0 Å². The first kappa shape index (κ1) is 19.9. The molecule has 1 aromatic carbocycles. The molecule has 1 aromatic heterocycles. The van der Waals surface area contributed by atoms with Gasteiger partial charge in [0, 0.05) is 25.9 Å². The number of amides is 1. The van der Waals surface area contributed by atoms with Gasteiger partial charge in [-0.15, -0.1) is 10.2 Å². The van der Waals surface area contributed by atoms with Crippen molar-refractivity contribution in [3.05, 3.63) is 47.5 Å². The molecule has 0 unspecified atom stereocenters. The number of thioether (sulfide) groups is 1. The lowest BCUT2D eigenvalue weighted by molar-refractivity contribution is -0.118. The van der Waals surface area contributed by atoms with Crippen LogP contribution in [-0.4, -0.2) is 38.7 Å². The van der Waals surface area contributed by atoms with Gasteiger partial charge in [0.25, 0.3) is 0 Å². The van der Waals surface area contributed by atoms with Crippen LogP contribution in [0.1, 0.15) is 49.3 Å². The number of fused-ring (bicyclic) bond motifs is 1. The first-order valence-electron chi connectivity index (χ1n) is 10.1. The molecule has 0 atom stereocenters. The Morgan fingerprint density at radius 3 is 2.85 bits per heavy atom. The number of benzene rings is 1. The van der Waals surface area contributed by atoms with Crippen LogP contribution in [0.25, 0.3) is 0 Å². The van der Waals surface area contributed by atoms with Crippen LogP contribution >= 0.6 is 11.8 Å². The van der Waals surface area contributed by atoms with Crippen LogP contribution in [-0.2, 0) is 30.6 Å². The molecule has 0 saturated carbocycles. The maximum atomic E-state index is 12.0. The van der Waals surface area contributed by atoms with E-state index < -0.39 is 0 Å². The monoisotopic (exact) mass is 386 g/mol. The minimum absolute atomic E-state index is 0.139. The second kappa shape index (κ2) is 11.1. The van der Waals surface area contributed by atoms with E-state index in [0.29, 0.717) is 12.3 Å². The molecule has 5 nitrogen and oxygen atoms in total. The highest BCUT2D eigenvalue weighted by Gasteiger charge is 2.14. The van der Waals surface area contributed by atoms with E-state index in [2.05, 4.69) is 44.3 Å². The molecular formula is C21H30N4OS. The molecule has 1 aliphatic heterocycles. The van der Waals surface area contributed by atoms with Gasteiger partial charge in [0.1, 0.15) is 11.6 Å². The Bertz CT molecular complexity index is 701. The summed E-state index contributed by atoms with van der Waals surface area (Å²) in [6.07, 6.45) is 8.76. The second-order valence-corrected chi connectivity index (χ2v) is 8.20. The fourth-order valence-corrected chi connectivity index (χ4v) is 4.22. The molecule has 3 rings (SSSR count). The topological polar surface area (TPSA) is 59.8 Å². The van der Waals surface area contributed by atoms with Crippen molar-refractivity contribution in [2.24, 2.45) is 0 Å². The van der Waals surface area contributed by atoms with Crippen molar-refractivity contribution < 1.29 is 4.79 Å². The van der Waals surface area contributed by atoms with Gasteiger partial charge in [-0.2, -0.15) is 11.8 Å². The standard InChI is InChI=1S/C21H30N4OS/c26-21(17-27-16-8-11-18-9-3-1-4-10-18)22-14-7-13-20-24-23-19-12-5-2-6-15-25(19)20/h1,3-4,9-10H,2,5-8,11-17H2,(H,22,26). The van der Waals surface area contributed by atoms with Gasteiger partial charge in [0.2, 0.25) is 5.91 Å². The van der Waals surface area contributed by atoms with Crippen LogP contribution in [0, 0.1) is 0 Å². The highest BCUT2D eigenvalue weighted by molar-refractivity contribution is 7.99. The zero-order chi connectivity index (χ0) is 18.7. The molecule has 0 aliphatic carbocycles. The van der Waals surface area contributed by atoms with E-state index in [9.17, 15) is 4.79 Å². The SMILES string of the molecule is O=C(CSCCCc1ccccc1)NCCCc1nnc2n1CCCCC2. The normalized spacial score (nSPS) is 13.8. The molecule has 2 aromatic rings. The van der Waals surface area contributed by atoms with Gasteiger partial charge in [-0.25, -0.2) is 0 Å². The first-order valence-corrected chi connectivity index (χ1v) is 11.3. The molecule has 0 radical (unpaired) electrons. The minimum Gasteiger partial charge on any atom is -0.355 e. The summed E-state index contributed by atoms with van der Waals surface area (Å²) in [6.45, 7) is 1.76. The summed E-state index contributed by atoms with van der Waals surface area (Å²) in [5.74, 6) is 3.93. The Morgan fingerprint density at radius 1 is 1.07 bits per heavy atom. The maximum Gasteiger partial charge on any atom is 0.229 e. The summed E-state index contributed by atoms with van der Waals surface area (Å²) in [7, 11) is 0. The lowest BCUT2D eigenvalue weighted by atomic mass is 10.1. The summed E-state index contributed by atoms with van der Waals surface area (Å²) in [5, 5.41) is 11.7. The molecule has 2 heterocycles. The number of hydrogen-bond acceptors (Lipinski definition) is 4. The molecule has 0 spiro atoms. The zero-order valence-electron chi connectivity index (χ0n) is 16.0. The van der Waals surface area contributed by atoms with E-state index in [1.165, 1.54) is 24.8 Å². The molecule has 1 amide bonds. The Labute approximate surface area is 166 Å². The van der Waals surface area contributed by atoms with Crippen LogP contribution in [0.15, 0.2) is 30.3 Å². The summed E-state index contributed by atoms with van der Waals surface area (Å²) < 4.78 is 2.29. The predicted octanol–water partition coefficient (Wildman–Crippen LogP) is 3.42. The third kappa shape index (κ3) is 6.69. The average Bonchev–Trinajstić information content (AvgIpc) is 2.92. The lowest BCUT2D eigenvalue weighted by Gasteiger charge is -2.08. The highest BCUT2D eigenvalue weighted by atomic mass is 32.2. The van der Waals surface area contributed by atoms with E-state index >= 15 is 0 Å². The third-order valence-electron chi connectivity index (χ3n) is 4.92. The van der Waals surface area contributed by atoms with Crippen LogP contribution in [0.3, 0.4) is 0 Å². The van der Waals surface area contributed by atoms with Gasteiger partial charge < -0.3 is 9.88 Å². The lowest BCUT2D eigenvalue weighted by Crippen LogP contribution is -2.26. The quantitative estimate of drug-likeness (QED) is 0.636. The van der Waals surface area contributed by atoms with Gasteiger partial charge in [-0.1, -0.05) is 36.8 Å². The van der Waals surface area contributed by atoms with E-state index in [0.717, 1.165) is 56.1 Å². The fourth-order valence-electron chi connectivity index (χ4n) is 3.44. The van der Waals surface area contributed by atoms with Crippen molar-refractivity contribution in [1.82, 2.24) is 20.1 Å². The first-order chi connectivity index (χ1) is 13.3. The van der Waals surface area contributed by atoms with Crippen LogP contribution in [0.4, 0.5) is 0 Å². The molecule has 146 valence electrons. The molecule has 6 heteroatoms. The fraction of sp³-hybridized carbons (Fsp3) is 0.571. The number of rotatable bonds is 10. The van der Waals surface area contributed by atoms with Crippen molar-refractivity contribution in [2.45, 2.75) is 57.9 Å². The van der Waals surface area contributed by atoms with Crippen molar-refractivity contribution in [1.29, 1.82) is 0 Å². The second-order valence-electron chi connectivity index (χ2n) is 7.09. The average molecular weight is 387 g/mol. The molecule has 0 bridgehead atoms. The smallest absolute Gasteiger partial charge is 0.229 e. The van der Waals surface area contributed by atoms with Crippen LogP contribution in [0.5, 0.6) is 0 Å². The van der Waals surface area contributed by atoms with Crippen molar-refractivity contribution in [3.63, 3.8) is 0 Å². The van der Waals surface area contributed by atoms with Gasteiger partial charge in [-0.3, -0.25) is 4.79 Å². The molecule has 0 saturated heterocycles. The van der Waals surface area contributed by atoms with Gasteiger partial charge in [-0.05, 0) is 43.4 Å². The van der Waals surface area contributed by atoms with Crippen LogP contribution < -0.4 is 5.32 Å². The number of nitrogens with one attached hydrogen (secondary N) is 1. The summed E-state index contributed by atoms with van der Waals surface area (Å²) in [4.78, 5) is 12.0. The van der Waals surface area contributed by atoms with Gasteiger partial charge in [0.05, 0.1) is 5.75 Å². The number of carbonyl (C=O) groups excluding carboxylic acids is 1. The van der Waals surface area contributed by atoms with Crippen molar-refractivity contribution >= 4 is 17.7 Å². The number of nitrogens with zero attached hydrogens (tertiary/aromatic N) is 3. The molecule has 1 aliphatic rings. The van der Waals surface area contributed by atoms with E-state index in [1.54, 1.807) is 11.8 Å². The van der Waals surface area contributed by atoms with Gasteiger partial charge in [0.15, 0.2) is 0 Å².